The van der Waals surface area contributed by atoms with E-state index in [0.717, 1.165) is 4.47 Å². The van der Waals surface area contributed by atoms with Crippen LogP contribution in [-0.4, -0.2) is 11.9 Å². The van der Waals surface area contributed by atoms with Gasteiger partial charge in [0, 0.05) is 5.56 Å². The molecule has 0 unspecified atom stereocenters. The van der Waals surface area contributed by atoms with Gasteiger partial charge in [0.05, 0.1) is 4.47 Å². The summed E-state index contributed by atoms with van der Waals surface area (Å²) < 4.78 is 19.2. The van der Waals surface area contributed by atoms with Gasteiger partial charge in [-0.3, -0.25) is 4.79 Å². The number of ether oxygens (including phenoxy) is 1. The average molecular weight is 323 g/mol. The van der Waals surface area contributed by atoms with Crippen LogP contribution >= 0.6 is 15.9 Å². The summed E-state index contributed by atoms with van der Waals surface area (Å²) >= 11 is 3.35. The first-order valence-corrected chi connectivity index (χ1v) is 6.58. The van der Waals surface area contributed by atoms with E-state index in [1.54, 1.807) is 13.0 Å². The molecule has 19 heavy (non-hydrogen) atoms. The molecule has 0 spiro atoms. The van der Waals surface area contributed by atoms with E-state index in [4.69, 9.17) is 4.74 Å². The third kappa shape index (κ3) is 3.41. The Balaban J connectivity index is 2.12. The van der Waals surface area contributed by atoms with Gasteiger partial charge in [0.15, 0.2) is 6.10 Å². The number of ketones is 1. The van der Waals surface area contributed by atoms with E-state index >= 15 is 0 Å². The first kappa shape index (κ1) is 13.7. The van der Waals surface area contributed by atoms with Crippen LogP contribution in [0.5, 0.6) is 5.75 Å². The summed E-state index contributed by atoms with van der Waals surface area (Å²) in [6, 6.07) is 12.7. The molecular weight excluding hydrogens is 311 g/mol. The molecule has 2 nitrogen and oxygen atoms in total. The minimum Gasteiger partial charge on any atom is -0.481 e. The molecule has 0 aromatic heterocycles. The molecule has 2 aromatic carbocycles. The van der Waals surface area contributed by atoms with Gasteiger partial charge in [-0.2, -0.15) is 0 Å². The molecule has 2 rings (SSSR count). The standard InChI is InChI=1S/C15H12BrFO2/c1-10(19-14-5-3-2-4-13(14)16)15(18)11-6-8-12(17)9-7-11/h2-10H,1H3/t10-/m1/s1. The van der Waals surface area contributed by atoms with Crippen molar-refractivity contribution < 1.29 is 13.9 Å². The van der Waals surface area contributed by atoms with E-state index < -0.39 is 6.10 Å². The number of carbonyl (C=O) groups is 1. The Labute approximate surface area is 119 Å². The summed E-state index contributed by atoms with van der Waals surface area (Å²) in [5.41, 5.74) is 0.431. The Morgan fingerprint density at radius 3 is 2.42 bits per heavy atom. The number of hydrogen-bond acceptors (Lipinski definition) is 2. The molecule has 0 fully saturated rings. The summed E-state index contributed by atoms with van der Waals surface area (Å²) in [7, 11) is 0. The smallest absolute Gasteiger partial charge is 0.202 e. The van der Waals surface area contributed by atoms with E-state index in [0.29, 0.717) is 11.3 Å². The van der Waals surface area contributed by atoms with Crippen molar-refractivity contribution in [2.24, 2.45) is 0 Å². The molecule has 0 heterocycles. The van der Waals surface area contributed by atoms with Crippen LogP contribution in [-0.2, 0) is 0 Å². The predicted octanol–water partition coefficient (Wildman–Crippen LogP) is 4.24. The number of benzene rings is 2. The van der Waals surface area contributed by atoms with E-state index in [2.05, 4.69) is 15.9 Å². The van der Waals surface area contributed by atoms with Crippen molar-refractivity contribution >= 4 is 21.7 Å². The molecule has 0 radical (unpaired) electrons. The molecule has 0 saturated carbocycles. The Bertz CT molecular complexity index is 581. The zero-order chi connectivity index (χ0) is 13.8. The Kier molecular flexibility index (Phi) is 4.32. The van der Waals surface area contributed by atoms with Crippen molar-refractivity contribution in [3.05, 3.63) is 64.4 Å². The van der Waals surface area contributed by atoms with Gasteiger partial charge in [-0.1, -0.05) is 12.1 Å². The Morgan fingerprint density at radius 1 is 1.16 bits per heavy atom. The second-order valence-electron chi connectivity index (χ2n) is 4.06. The quantitative estimate of drug-likeness (QED) is 0.787. The van der Waals surface area contributed by atoms with E-state index in [1.807, 2.05) is 18.2 Å². The molecule has 0 aliphatic carbocycles. The van der Waals surface area contributed by atoms with Crippen LogP contribution in [0.1, 0.15) is 17.3 Å². The van der Waals surface area contributed by atoms with Gasteiger partial charge in [-0.25, -0.2) is 4.39 Å². The molecule has 4 heteroatoms. The second kappa shape index (κ2) is 5.97. The number of Topliss-reactive ketones (excluding diaryl/α,β-unsaturated/α-hetero) is 1. The molecular formula is C15H12BrFO2. The Morgan fingerprint density at radius 2 is 1.79 bits per heavy atom. The van der Waals surface area contributed by atoms with E-state index in [-0.39, 0.29) is 11.6 Å². The topological polar surface area (TPSA) is 26.3 Å². The highest BCUT2D eigenvalue weighted by Gasteiger charge is 2.17. The fourth-order valence-electron chi connectivity index (χ4n) is 1.63. The van der Waals surface area contributed by atoms with Crippen molar-refractivity contribution in [1.29, 1.82) is 0 Å². The molecule has 98 valence electrons. The lowest BCUT2D eigenvalue weighted by atomic mass is 10.1. The van der Waals surface area contributed by atoms with E-state index in [9.17, 15) is 9.18 Å². The minimum atomic E-state index is -0.635. The van der Waals surface area contributed by atoms with Crippen molar-refractivity contribution in [2.45, 2.75) is 13.0 Å². The van der Waals surface area contributed by atoms with Crippen molar-refractivity contribution in [1.82, 2.24) is 0 Å². The first-order chi connectivity index (χ1) is 9.08. The summed E-state index contributed by atoms with van der Waals surface area (Å²) in [5.74, 6) is 0.0529. The zero-order valence-corrected chi connectivity index (χ0v) is 11.9. The molecule has 0 saturated heterocycles. The van der Waals surface area contributed by atoms with Crippen LogP contribution in [0.4, 0.5) is 4.39 Å². The van der Waals surface area contributed by atoms with E-state index in [1.165, 1.54) is 24.3 Å². The third-order valence-electron chi connectivity index (χ3n) is 2.64. The summed E-state index contributed by atoms with van der Waals surface area (Å²) in [6.07, 6.45) is -0.635. The van der Waals surface area contributed by atoms with Gasteiger partial charge in [0.2, 0.25) is 5.78 Å². The first-order valence-electron chi connectivity index (χ1n) is 5.79. The highest BCUT2D eigenvalue weighted by atomic mass is 79.9. The number of para-hydroxylation sites is 1. The molecule has 0 aliphatic heterocycles. The van der Waals surface area contributed by atoms with Gasteiger partial charge in [-0.05, 0) is 59.3 Å². The molecule has 0 amide bonds. The second-order valence-corrected chi connectivity index (χ2v) is 4.92. The number of carbonyl (C=O) groups excluding carboxylic acids is 1. The number of halogens is 2. The molecule has 0 bridgehead atoms. The lowest BCUT2D eigenvalue weighted by Gasteiger charge is -2.14. The van der Waals surface area contributed by atoms with Gasteiger partial charge >= 0.3 is 0 Å². The zero-order valence-electron chi connectivity index (χ0n) is 10.3. The fraction of sp³-hybridized carbons (Fsp3) is 0.133. The van der Waals surface area contributed by atoms with Crippen LogP contribution in [0.15, 0.2) is 53.0 Å². The van der Waals surface area contributed by atoms with Gasteiger partial charge < -0.3 is 4.74 Å². The maximum Gasteiger partial charge on any atom is 0.202 e. The number of rotatable bonds is 4. The van der Waals surface area contributed by atoms with Gasteiger partial charge in [0.25, 0.3) is 0 Å². The van der Waals surface area contributed by atoms with Crippen LogP contribution in [0.25, 0.3) is 0 Å². The van der Waals surface area contributed by atoms with Crippen LogP contribution in [0, 0.1) is 5.82 Å². The summed E-state index contributed by atoms with van der Waals surface area (Å²) in [6.45, 7) is 1.67. The van der Waals surface area contributed by atoms with Crippen molar-refractivity contribution in [2.75, 3.05) is 0 Å². The highest BCUT2D eigenvalue weighted by molar-refractivity contribution is 9.10. The maximum atomic E-state index is 12.8. The molecule has 0 N–H and O–H groups in total. The normalized spacial score (nSPS) is 11.9. The fourth-order valence-corrected chi connectivity index (χ4v) is 2.01. The van der Waals surface area contributed by atoms with Gasteiger partial charge in [-0.15, -0.1) is 0 Å². The van der Waals surface area contributed by atoms with Crippen LogP contribution in [0.2, 0.25) is 0 Å². The lowest BCUT2D eigenvalue weighted by molar-refractivity contribution is 0.0817. The molecule has 2 aromatic rings. The summed E-state index contributed by atoms with van der Waals surface area (Å²) in [5, 5.41) is 0. The third-order valence-corrected chi connectivity index (χ3v) is 3.29. The predicted molar refractivity (Wildman–Crippen MR) is 75.0 cm³/mol. The monoisotopic (exact) mass is 322 g/mol. The van der Waals surface area contributed by atoms with Crippen LogP contribution < -0.4 is 4.74 Å². The summed E-state index contributed by atoms with van der Waals surface area (Å²) in [4.78, 5) is 12.1. The van der Waals surface area contributed by atoms with Gasteiger partial charge in [0.1, 0.15) is 11.6 Å². The SMILES string of the molecule is C[C@@H](Oc1ccccc1Br)C(=O)c1ccc(F)cc1. The lowest BCUT2D eigenvalue weighted by Crippen LogP contribution is -2.24. The highest BCUT2D eigenvalue weighted by Crippen LogP contribution is 2.25. The average Bonchev–Trinajstić information content (AvgIpc) is 2.41. The van der Waals surface area contributed by atoms with Crippen molar-refractivity contribution in [3.63, 3.8) is 0 Å². The minimum absolute atomic E-state index is 0.184. The number of hydrogen-bond donors (Lipinski definition) is 0. The Hall–Kier alpha value is -1.68. The van der Waals surface area contributed by atoms with Crippen molar-refractivity contribution in [3.8, 4) is 5.75 Å². The van der Waals surface area contributed by atoms with Crippen LogP contribution in [0.3, 0.4) is 0 Å². The molecule has 1 atom stereocenters. The largest absolute Gasteiger partial charge is 0.481 e. The molecule has 0 aliphatic rings. The maximum absolute atomic E-state index is 12.8.